The van der Waals surface area contributed by atoms with E-state index in [1.165, 1.54) is 0 Å². The summed E-state index contributed by atoms with van der Waals surface area (Å²) in [5.41, 5.74) is 0. The van der Waals surface area contributed by atoms with Crippen molar-refractivity contribution in [1.29, 1.82) is 0 Å². The summed E-state index contributed by atoms with van der Waals surface area (Å²) in [5.74, 6) is -1.71. The summed E-state index contributed by atoms with van der Waals surface area (Å²) < 4.78 is 0. The van der Waals surface area contributed by atoms with E-state index in [2.05, 4.69) is 5.32 Å². The van der Waals surface area contributed by atoms with E-state index in [0.29, 0.717) is 0 Å². The molecule has 0 radical (unpaired) electrons. The van der Waals surface area contributed by atoms with Crippen molar-refractivity contribution in [2.45, 2.75) is 13.0 Å². The lowest BCUT2D eigenvalue weighted by Crippen LogP contribution is -2.33. The fourth-order valence-corrected chi connectivity index (χ4v) is 0.484. The molecular weight excluding hydrogens is 162 g/mol. The number of rotatable bonds is 4. The highest BCUT2D eigenvalue weighted by molar-refractivity contribution is 5.93. The van der Waals surface area contributed by atoms with Gasteiger partial charge in [0.25, 0.3) is 0 Å². The van der Waals surface area contributed by atoms with Crippen LogP contribution in [0.5, 0.6) is 0 Å². The number of amides is 1. The Balaban J connectivity index is 3.81. The van der Waals surface area contributed by atoms with Crippen molar-refractivity contribution in [2.24, 2.45) is 0 Å². The largest absolute Gasteiger partial charge is 0.478 e. The van der Waals surface area contributed by atoms with E-state index in [1.54, 1.807) is 6.92 Å². The standard InChI is InChI=1S/C7H11NO4/c1-5(4-9)8-6(10)2-3-7(11)12/h2-3,5,9H,4H2,1H3,(H,8,10)(H,11,12)/b3-2-/t5-/m0/s1. The van der Waals surface area contributed by atoms with E-state index in [4.69, 9.17) is 10.2 Å². The smallest absolute Gasteiger partial charge is 0.328 e. The van der Waals surface area contributed by atoms with Crippen molar-refractivity contribution in [1.82, 2.24) is 5.32 Å². The molecule has 0 saturated carbocycles. The summed E-state index contributed by atoms with van der Waals surface area (Å²) in [4.78, 5) is 20.7. The Kier molecular flexibility index (Phi) is 4.71. The van der Waals surface area contributed by atoms with Crippen LogP contribution in [0, 0.1) is 0 Å². The van der Waals surface area contributed by atoms with Crippen molar-refractivity contribution in [2.75, 3.05) is 6.61 Å². The van der Waals surface area contributed by atoms with E-state index >= 15 is 0 Å². The van der Waals surface area contributed by atoms with Crippen LogP contribution in [-0.2, 0) is 9.59 Å². The molecule has 5 heteroatoms. The van der Waals surface area contributed by atoms with Gasteiger partial charge >= 0.3 is 5.97 Å². The number of aliphatic hydroxyl groups excluding tert-OH is 1. The molecule has 3 N–H and O–H groups in total. The highest BCUT2D eigenvalue weighted by Crippen LogP contribution is 1.80. The first-order valence-electron chi connectivity index (χ1n) is 3.38. The summed E-state index contributed by atoms with van der Waals surface area (Å²) in [5, 5.41) is 19.0. The molecule has 0 unspecified atom stereocenters. The first kappa shape index (κ1) is 10.6. The van der Waals surface area contributed by atoms with Gasteiger partial charge in [-0.15, -0.1) is 0 Å². The third-order valence-corrected chi connectivity index (χ3v) is 1.04. The van der Waals surface area contributed by atoms with Crippen molar-refractivity contribution >= 4 is 11.9 Å². The topological polar surface area (TPSA) is 86.6 Å². The van der Waals surface area contributed by atoms with Gasteiger partial charge in [0.1, 0.15) is 0 Å². The number of carbonyl (C=O) groups excluding carboxylic acids is 1. The summed E-state index contributed by atoms with van der Waals surface area (Å²) in [7, 11) is 0. The van der Waals surface area contributed by atoms with Gasteiger partial charge in [-0.25, -0.2) is 4.79 Å². The Labute approximate surface area is 69.7 Å². The van der Waals surface area contributed by atoms with Gasteiger partial charge in [0, 0.05) is 18.2 Å². The molecule has 0 aliphatic rings. The Morgan fingerprint density at radius 2 is 2.08 bits per heavy atom. The third-order valence-electron chi connectivity index (χ3n) is 1.04. The lowest BCUT2D eigenvalue weighted by atomic mass is 10.3. The zero-order valence-electron chi connectivity index (χ0n) is 6.65. The van der Waals surface area contributed by atoms with E-state index < -0.39 is 11.9 Å². The summed E-state index contributed by atoms with van der Waals surface area (Å²) in [6.07, 6.45) is 1.63. The normalized spacial score (nSPS) is 12.8. The molecule has 0 aliphatic carbocycles. The van der Waals surface area contributed by atoms with Gasteiger partial charge in [0.05, 0.1) is 6.61 Å². The summed E-state index contributed by atoms with van der Waals surface area (Å²) in [6, 6.07) is -0.365. The molecule has 0 heterocycles. The van der Waals surface area contributed by atoms with Crippen molar-refractivity contribution in [3.63, 3.8) is 0 Å². The second-order valence-corrected chi connectivity index (χ2v) is 2.26. The van der Waals surface area contributed by atoms with E-state index in [1.807, 2.05) is 0 Å². The van der Waals surface area contributed by atoms with Crippen LogP contribution in [0.2, 0.25) is 0 Å². The van der Waals surface area contributed by atoms with Crippen LogP contribution in [0.3, 0.4) is 0 Å². The second-order valence-electron chi connectivity index (χ2n) is 2.26. The minimum absolute atomic E-state index is 0.174. The molecule has 68 valence electrons. The van der Waals surface area contributed by atoms with E-state index in [0.717, 1.165) is 12.2 Å². The van der Waals surface area contributed by atoms with Crippen LogP contribution < -0.4 is 5.32 Å². The predicted molar refractivity (Wildman–Crippen MR) is 41.5 cm³/mol. The van der Waals surface area contributed by atoms with Crippen LogP contribution >= 0.6 is 0 Å². The van der Waals surface area contributed by atoms with Crippen LogP contribution in [0.4, 0.5) is 0 Å². The number of hydrogen-bond acceptors (Lipinski definition) is 3. The maximum atomic E-state index is 10.7. The Hall–Kier alpha value is -1.36. The Morgan fingerprint density at radius 1 is 1.50 bits per heavy atom. The average Bonchev–Trinajstić information content (AvgIpc) is 2.00. The van der Waals surface area contributed by atoms with Gasteiger partial charge in [-0.05, 0) is 6.92 Å². The fourth-order valence-electron chi connectivity index (χ4n) is 0.484. The first-order valence-corrected chi connectivity index (χ1v) is 3.38. The van der Waals surface area contributed by atoms with Crippen molar-refractivity contribution < 1.29 is 19.8 Å². The summed E-state index contributed by atoms with van der Waals surface area (Å²) in [6.45, 7) is 1.43. The molecule has 1 atom stereocenters. The molecular formula is C7H11NO4. The van der Waals surface area contributed by atoms with E-state index in [9.17, 15) is 9.59 Å². The third kappa shape index (κ3) is 5.43. The molecule has 1 amide bonds. The van der Waals surface area contributed by atoms with Crippen molar-refractivity contribution in [3.05, 3.63) is 12.2 Å². The van der Waals surface area contributed by atoms with Gasteiger partial charge in [0.2, 0.25) is 5.91 Å². The number of aliphatic carboxylic acids is 1. The van der Waals surface area contributed by atoms with Gasteiger partial charge < -0.3 is 15.5 Å². The first-order chi connectivity index (χ1) is 5.56. The molecule has 0 fully saturated rings. The highest BCUT2D eigenvalue weighted by atomic mass is 16.4. The molecule has 0 saturated heterocycles. The van der Waals surface area contributed by atoms with Gasteiger partial charge in [-0.3, -0.25) is 4.79 Å². The Morgan fingerprint density at radius 3 is 2.50 bits per heavy atom. The van der Waals surface area contributed by atoms with Crippen LogP contribution in [0.25, 0.3) is 0 Å². The number of carboxylic acids is 1. The molecule has 12 heavy (non-hydrogen) atoms. The molecule has 0 bridgehead atoms. The maximum Gasteiger partial charge on any atom is 0.328 e. The zero-order valence-corrected chi connectivity index (χ0v) is 6.65. The molecule has 0 aromatic carbocycles. The maximum absolute atomic E-state index is 10.7. The number of nitrogens with one attached hydrogen (secondary N) is 1. The zero-order chi connectivity index (χ0) is 9.56. The van der Waals surface area contributed by atoms with Gasteiger partial charge in [-0.2, -0.15) is 0 Å². The van der Waals surface area contributed by atoms with Crippen LogP contribution in [0.1, 0.15) is 6.92 Å². The molecule has 0 aliphatic heterocycles. The van der Waals surface area contributed by atoms with Crippen LogP contribution in [-0.4, -0.2) is 34.7 Å². The number of hydrogen-bond donors (Lipinski definition) is 3. The Bertz CT molecular complexity index is 200. The van der Waals surface area contributed by atoms with E-state index in [-0.39, 0.29) is 12.6 Å². The van der Waals surface area contributed by atoms with Crippen LogP contribution in [0.15, 0.2) is 12.2 Å². The van der Waals surface area contributed by atoms with Gasteiger partial charge in [-0.1, -0.05) is 0 Å². The molecule has 0 aromatic rings. The summed E-state index contributed by atoms with van der Waals surface area (Å²) >= 11 is 0. The molecule has 0 rings (SSSR count). The minimum atomic E-state index is -1.18. The second kappa shape index (κ2) is 5.31. The monoisotopic (exact) mass is 173 g/mol. The number of carboxylic acid groups (broad SMARTS) is 1. The minimum Gasteiger partial charge on any atom is -0.478 e. The average molecular weight is 173 g/mol. The predicted octanol–water partition coefficient (Wildman–Crippen LogP) is -0.876. The lowest BCUT2D eigenvalue weighted by molar-refractivity contribution is -0.131. The quantitative estimate of drug-likeness (QED) is 0.482. The SMILES string of the molecule is C[C@@H](CO)NC(=O)/C=C\C(=O)O. The lowest BCUT2D eigenvalue weighted by Gasteiger charge is -2.07. The molecule has 0 spiro atoms. The highest BCUT2D eigenvalue weighted by Gasteiger charge is 2.01. The fraction of sp³-hybridized carbons (Fsp3) is 0.429. The molecule has 0 aromatic heterocycles. The van der Waals surface area contributed by atoms with Crippen molar-refractivity contribution in [3.8, 4) is 0 Å². The number of carbonyl (C=O) groups is 2. The van der Waals surface area contributed by atoms with Gasteiger partial charge in [0.15, 0.2) is 0 Å². The number of aliphatic hydroxyl groups is 1. The molecule has 5 nitrogen and oxygen atoms in total.